The molecule has 0 spiro atoms. The summed E-state index contributed by atoms with van der Waals surface area (Å²) < 4.78 is 0. The van der Waals surface area contributed by atoms with Gasteiger partial charge in [0.05, 0.1) is 26.1 Å². The molecule has 0 bridgehead atoms. The lowest BCUT2D eigenvalue weighted by Crippen LogP contribution is -1.82. The number of nitrogens with zero attached hydrogens (tertiary/aromatic N) is 1. The van der Waals surface area contributed by atoms with Gasteiger partial charge in [-0.3, -0.25) is 10.1 Å². The Morgan fingerprint density at radius 2 is 1.85 bits per heavy atom. The van der Waals surface area contributed by atoms with Crippen LogP contribution in [0.15, 0.2) is 47.3 Å². The molecule has 0 aliphatic rings. The molecule has 3 aromatic heterocycles. The number of hydrogen-bond acceptors (Lipinski definition) is 4. The molecule has 0 aromatic carbocycles. The van der Waals surface area contributed by atoms with Gasteiger partial charge in [-0.1, -0.05) is 12.1 Å². The summed E-state index contributed by atoms with van der Waals surface area (Å²) in [5.74, 6) is 0. The van der Waals surface area contributed by atoms with Crippen molar-refractivity contribution in [2.24, 2.45) is 0 Å². The molecule has 0 aliphatic carbocycles. The molecular weight excluding hydrogens is 292 g/mol. The van der Waals surface area contributed by atoms with E-state index >= 15 is 0 Å². The first-order valence-corrected chi connectivity index (χ1v) is 7.62. The second kappa shape index (κ2) is 5.44. The smallest absolute Gasteiger partial charge is 0.235 e. The van der Waals surface area contributed by atoms with Gasteiger partial charge < -0.3 is 4.98 Å². The van der Waals surface area contributed by atoms with Gasteiger partial charge in [0, 0.05) is 11.6 Å². The molecule has 3 rings (SSSR count). The van der Waals surface area contributed by atoms with Crippen LogP contribution in [0.1, 0.15) is 5.56 Å². The lowest BCUT2D eigenvalue weighted by molar-refractivity contribution is -0.400. The molecule has 0 radical (unpaired) electrons. The van der Waals surface area contributed by atoms with Gasteiger partial charge in [0.15, 0.2) is 0 Å². The third kappa shape index (κ3) is 2.56. The Hall–Kier alpha value is -2.18. The van der Waals surface area contributed by atoms with Gasteiger partial charge >= 0.3 is 0 Å². The van der Waals surface area contributed by atoms with Gasteiger partial charge in [-0.15, -0.1) is 22.7 Å². The van der Waals surface area contributed by atoms with Crippen LogP contribution in [0, 0.1) is 10.1 Å². The third-order valence-corrected chi connectivity index (χ3v) is 4.57. The lowest BCUT2D eigenvalue weighted by atomic mass is 10.2. The SMILES string of the molecule is O=[N+]([O-])C=Cc1cc(-c2cccs2)[nH]c1-c1cccs1. The maximum Gasteiger partial charge on any atom is 0.235 e. The Balaban J connectivity index is 2.09. The van der Waals surface area contributed by atoms with Crippen LogP contribution in [0.25, 0.3) is 27.2 Å². The van der Waals surface area contributed by atoms with Gasteiger partial charge in [-0.05, 0) is 29.0 Å². The Bertz CT molecular complexity index is 740. The van der Waals surface area contributed by atoms with E-state index in [9.17, 15) is 10.1 Å². The van der Waals surface area contributed by atoms with Crippen molar-refractivity contribution in [1.29, 1.82) is 0 Å². The second-order valence-electron chi connectivity index (χ2n) is 4.07. The van der Waals surface area contributed by atoms with Crippen molar-refractivity contribution in [2.75, 3.05) is 0 Å². The summed E-state index contributed by atoms with van der Waals surface area (Å²) >= 11 is 3.24. The highest BCUT2D eigenvalue weighted by atomic mass is 32.1. The molecule has 0 saturated carbocycles. The molecule has 3 heterocycles. The monoisotopic (exact) mass is 302 g/mol. The average molecular weight is 302 g/mol. The molecule has 0 aliphatic heterocycles. The van der Waals surface area contributed by atoms with E-state index in [1.165, 1.54) is 6.08 Å². The number of hydrogen-bond donors (Lipinski definition) is 1. The Labute approximate surface area is 123 Å². The highest BCUT2D eigenvalue weighted by Crippen LogP contribution is 2.33. The number of rotatable bonds is 4. The Kier molecular flexibility index (Phi) is 3.49. The van der Waals surface area contributed by atoms with Gasteiger partial charge in [-0.25, -0.2) is 0 Å². The third-order valence-electron chi connectivity index (χ3n) is 2.78. The standard InChI is InChI=1S/C14H10N2O2S2/c17-16(18)6-5-10-9-11(12-3-1-7-19-12)15-14(10)13-4-2-8-20-13/h1-9,15H. The van der Waals surface area contributed by atoms with E-state index in [0.717, 1.165) is 32.9 Å². The van der Waals surface area contributed by atoms with Crippen LogP contribution in [0.2, 0.25) is 0 Å². The Morgan fingerprint density at radius 3 is 2.45 bits per heavy atom. The summed E-state index contributed by atoms with van der Waals surface area (Å²) in [6.45, 7) is 0. The van der Waals surface area contributed by atoms with E-state index in [4.69, 9.17) is 0 Å². The number of aromatic nitrogens is 1. The number of aromatic amines is 1. The fourth-order valence-electron chi connectivity index (χ4n) is 1.93. The van der Waals surface area contributed by atoms with Crippen LogP contribution in [0.4, 0.5) is 0 Å². The average Bonchev–Trinajstić information content (AvgIpc) is 3.15. The summed E-state index contributed by atoms with van der Waals surface area (Å²) in [6.07, 6.45) is 2.50. The first kappa shape index (κ1) is 12.8. The second-order valence-corrected chi connectivity index (χ2v) is 5.96. The predicted octanol–water partition coefficient (Wildman–Crippen LogP) is 4.72. The van der Waals surface area contributed by atoms with Crippen molar-refractivity contribution in [3.63, 3.8) is 0 Å². The summed E-state index contributed by atoms with van der Waals surface area (Å²) in [7, 11) is 0. The van der Waals surface area contributed by atoms with E-state index < -0.39 is 4.92 Å². The number of thiophene rings is 2. The maximum absolute atomic E-state index is 10.5. The summed E-state index contributed by atoms with van der Waals surface area (Å²) in [5, 5.41) is 14.5. The van der Waals surface area contributed by atoms with Gasteiger partial charge in [-0.2, -0.15) is 0 Å². The minimum Gasteiger partial charge on any atom is -0.353 e. The van der Waals surface area contributed by atoms with Crippen LogP contribution >= 0.6 is 22.7 Å². The Morgan fingerprint density at radius 1 is 1.15 bits per heavy atom. The van der Waals surface area contributed by atoms with Gasteiger partial charge in [0.25, 0.3) is 0 Å². The molecule has 0 atom stereocenters. The predicted molar refractivity (Wildman–Crippen MR) is 83.4 cm³/mol. The number of nitro groups is 1. The molecular formula is C14H10N2O2S2. The number of H-pyrrole nitrogens is 1. The van der Waals surface area contributed by atoms with Gasteiger partial charge in [0.1, 0.15) is 0 Å². The molecule has 0 unspecified atom stereocenters. The topological polar surface area (TPSA) is 58.9 Å². The largest absolute Gasteiger partial charge is 0.353 e. The highest BCUT2D eigenvalue weighted by molar-refractivity contribution is 7.14. The summed E-state index contributed by atoms with van der Waals surface area (Å²) in [5.41, 5.74) is 2.72. The first-order valence-electron chi connectivity index (χ1n) is 5.86. The molecule has 6 heteroatoms. The molecule has 4 nitrogen and oxygen atoms in total. The molecule has 0 saturated heterocycles. The van der Waals surface area contributed by atoms with Crippen molar-refractivity contribution in [3.8, 4) is 21.1 Å². The zero-order chi connectivity index (χ0) is 13.9. The fourth-order valence-corrected chi connectivity index (χ4v) is 3.38. The molecule has 3 aromatic rings. The van der Waals surface area contributed by atoms with Crippen molar-refractivity contribution in [3.05, 3.63) is 63.0 Å². The van der Waals surface area contributed by atoms with Crippen molar-refractivity contribution in [1.82, 2.24) is 4.98 Å². The van der Waals surface area contributed by atoms with E-state index in [2.05, 4.69) is 4.98 Å². The molecule has 0 amide bonds. The highest BCUT2D eigenvalue weighted by Gasteiger charge is 2.11. The minimum absolute atomic E-state index is 0.448. The van der Waals surface area contributed by atoms with Crippen LogP contribution in [0.3, 0.4) is 0 Å². The molecule has 20 heavy (non-hydrogen) atoms. The summed E-state index contributed by atoms with van der Waals surface area (Å²) in [6, 6.07) is 9.92. The van der Waals surface area contributed by atoms with E-state index in [-0.39, 0.29) is 0 Å². The number of nitrogens with one attached hydrogen (secondary N) is 1. The van der Waals surface area contributed by atoms with Crippen LogP contribution in [0.5, 0.6) is 0 Å². The maximum atomic E-state index is 10.5. The normalized spacial score (nSPS) is 11.2. The minimum atomic E-state index is -0.448. The molecule has 100 valence electrons. The lowest BCUT2D eigenvalue weighted by Gasteiger charge is -1.95. The summed E-state index contributed by atoms with van der Waals surface area (Å²) in [4.78, 5) is 15.6. The molecule has 0 fully saturated rings. The van der Waals surface area contributed by atoms with E-state index in [0.29, 0.717) is 0 Å². The van der Waals surface area contributed by atoms with Crippen LogP contribution < -0.4 is 0 Å². The fraction of sp³-hybridized carbons (Fsp3) is 0. The zero-order valence-electron chi connectivity index (χ0n) is 10.3. The van der Waals surface area contributed by atoms with Gasteiger partial charge in [0.2, 0.25) is 6.20 Å². The van der Waals surface area contributed by atoms with Crippen molar-refractivity contribution < 1.29 is 4.92 Å². The molecule has 1 N–H and O–H groups in total. The van der Waals surface area contributed by atoms with E-state index in [1.807, 2.05) is 41.1 Å². The quantitative estimate of drug-likeness (QED) is 0.560. The van der Waals surface area contributed by atoms with Crippen molar-refractivity contribution >= 4 is 28.7 Å². The van der Waals surface area contributed by atoms with Crippen LogP contribution in [-0.4, -0.2) is 9.91 Å². The van der Waals surface area contributed by atoms with Crippen molar-refractivity contribution in [2.45, 2.75) is 0 Å². The first-order chi connectivity index (χ1) is 9.74. The van der Waals surface area contributed by atoms with E-state index in [1.54, 1.807) is 22.7 Å². The zero-order valence-corrected chi connectivity index (χ0v) is 11.9. The van der Waals surface area contributed by atoms with Crippen LogP contribution in [-0.2, 0) is 0 Å².